The first-order valence-corrected chi connectivity index (χ1v) is 6.50. The zero-order chi connectivity index (χ0) is 13.1. The lowest BCUT2D eigenvalue weighted by atomic mass is 10.2. The van der Waals surface area contributed by atoms with Crippen LogP contribution in [-0.4, -0.2) is 37.3 Å². The van der Waals surface area contributed by atoms with Gasteiger partial charge in [0.05, 0.1) is 11.8 Å². The summed E-state index contributed by atoms with van der Waals surface area (Å²) in [6.07, 6.45) is 1.32. The second-order valence-corrected chi connectivity index (χ2v) is 5.10. The van der Waals surface area contributed by atoms with Crippen LogP contribution in [0.2, 0.25) is 0 Å². The van der Waals surface area contributed by atoms with Gasteiger partial charge in [0.25, 0.3) is 0 Å². The molecule has 3 N–H and O–H groups in total. The zero-order valence-corrected chi connectivity index (χ0v) is 11.7. The quantitative estimate of drug-likeness (QED) is 0.386. The Morgan fingerprint density at radius 1 is 1.61 bits per heavy atom. The summed E-state index contributed by atoms with van der Waals surface area (Å²) in [5.41, 5.74) is 7.35. The molecule has 1 aliphatic heterocycles. The van der Waals surface area contributed by atoms with E-state index >= 15 is 0 Å². The molecule has 0 aromatic heterocycles. The summed E-state index contributed by atoms with van der Waals surface area (Å²) in [5.74, 6) is 0.110. The van der Waals surface area contributed by atoms with Crippen molar-refractivity contribution < 1.29 is 9.94 Å². The summed E-state index contributed by atoms with van der Waals surface area (Å²) >= 11 is 3.52. The highest BCUT2D eigenvalue weighted by Gasteiger charge is 2.23. The van der Waals surface area contributed by atoms with Crippen LogP contribution in [0.1, 0.15) is 12.0 Å². The number of oxime groups is 1. The van der Waals surface area contributed by atoms with E-state index in [0.29, 0.717) is 11.7 Å². The van der Waals surface area contributed by atoms with Crippen molar-refractivity contribution in [1.82, 2.24) is 0 Å². The Morgan fingerprint density at radius 2 is 2.39 bits per heavy atom. The first-order valence-electron chi connectivity index (χ1n) is 5.71. The van der Waals surface area contributed by atoms with Gasteiger partial charge in [0, 0.05) is 30.2 Å². The summed E-state index contributed by atoms with van der Waals surface area (Å²) < 4.78 is 6.29. The van der Waals surface area contributed by atoms with Gasteiger partial charge in [-0.2, -0.15) is 0 Å². The Hall–Kier alpha value is -1.27. The highest BCUT2D eigenvalue weighted by atomic mass is 79.9. The number of amidine groups is 1. The van der Waals surface area contributed by atoms with Gasteiger partial charge in [0.15, 0.2) is 5.84 Å². The fraction of sp³-hybridized carbons (Fsp3) is 0.417. The van der Waals surface area contributed by atoms with E-state index in [0.717, 1.165) is 29.7 Å². The van der Waals surface area contributed by atoms with Crippen molar-refractivity contribution in [2.75, 3.05) is 25.1 Å². The number of benzene rings is 1. The first kappa shape index (κ1) is 13.2. The molecular weight excluding hydrogens is 298 g/mol. The third kappa shape index (κ3) is 2.59. The summed E-state index contributed by atoms with van der Waals surface area (Å²) in [7, 11) is 1.74. The van der Waals surface area contributed by atoms with Crippen LogP contribution in [0.3, 0.4) is 0 Å². The lowest BCUT2D eigenvalue weighted by molar-refractivity contribution is 0.121. The molecule has 1 aromatic carbocycles. The van der Waals surface area contributed by atoms with E-state index in [1.54, 1.807) is 7.11 Å². The first-order chi connectivity index (χ1) is 8.65. The van der Waals surface area contributed by atoms with Crippen molar-refractivity contribution in [2.24, 2.45) is 10.9 Å². The maximum atomic E-state index is 8.65. The number of halogens is 1. The number of ether oxygens (including phenoxy) is 1. The highest BCUT2D eigenvalue weighted by molar-refractivity contribution is 9.10. The molecular formula is C12H16BrN3O2. The average Bonchev–Trinajstić information content (AvgIpc) is 2.86. The number of hydrogen-bond acceptors (Lipinski definition) is 4. The molecule has 1 aromatic rings. The minimum Gasteiger partial charge on any atom is -0.409 e. The number of methoxy groups -OCH3 is 1. The molecule has 0 saturated carbocycles. The predicted octanol–water partition coefficient (Wildman–Crippen LogP) is 1.77. The third-order valence-electron chi connectivity index (χ3n) is 3.17. The highest BCUT2D eigenvalue weighted by Crippen LogP contribution is 2.30. The van der Waals surface area contributed by atoms with Crippen molar-refractivity contribution in [3.05, 3.63) is 28.2 Å². The molecule has 0 bridgehead atoms. The minimum atomic E-state index is 0.110. The van der Waals surface area contributed by atoms with Crippen LogP contribution in [0.15, 0.2) is 27.8 Å². The van der Waals surface area contributed by atoms with E-state index in [1.165, 1.54) is 0 Å². The van der Waals surface area contributed by atoms with Gasteiger partial charge >= 0.3 is 0 Å². The molecule has 0 amide bonds. The Kier molecular flexibility index (Phi) is 4.08. The molecule has 1 saturated heterocycles. The molecule has 0 aliphatic carbocycles. The van der Waals surface area contributed by atoms with Gasteiger partial charge in [0.1, 0.15) is 0 Å². The predicted molar refractivity (Wildman–Crippen MR) is 74.3 cm³/mol. The van der Waals surface area contributed by atoms with Gasteiger partial charge in [0.2, 0.25) is 0 Å². The van der Waals surface area contributed by atoms with E-state index < -0.39 is 0 Å². The van der Waals surface area contributed by atoms with Crippen molar-refractivity contribution in [1.29, 1.82) is 0 Å². The topological polar surface area (TPSA) is 71.1 Å². The largest absolute Gasteiger partial charge is 0.409 e. The number of nitrogens with two attached hydrogens (primary N) is 1. The SMILES string of the molecule is COC1CCN(c2ccc(/C(N)=N/O)cc2Br)C1. The van der Waals surface area contributed by atoms with E-state index in [-0.39, 0.29) is 5.84 Å². The van der Waals surface area contributed by atoms with Crippen molar-refractivity contribution in [3.63, 3.8) is 0 Å². The molecule has 1 heterocycles. The van der Waals surface area contributed by atoms with Crippen molar-refractivity contribution in [2.45, 2.75) is 12.5 Å². The summed E-state index contributed by atoms with van der Waals surface area (Å²) in [6, 6.07) is 5.66. The van der Waals surface area contributed by atoms with Crippen LogP contribution in [0.4, 0.5) is 5.69 Å². The van der Waals surface area contributed by atoms with E-state index in [1.807, 2.05) is 18.2 Å². The fourth-order valence-electron chi connectivity index (χ4n) is 2.12. The monoisotopic (exact) mass is 313 g/mol. The molecule has 5 nitrogen and oxygen atoms in total. The number of anilines is 1. The number of hydrogen-bond donors (Lipinski definition) is 2. The van der Waals surface area contributed by atoms with Crippen molar-refractivity contribution >= 4 is 27.5 Å². The van der Waals surface area contributed by atoms with Crippen LogP contribution in [0.5, 0.6) is 0 Å². The maximum absolute atomic E-state index is 8.65. The smallest absolute Gasteiger partial charge is 0.170 e. The number of nitrogens with zero attached hydrogens (tertiary/aromatic N) is 2. The lowest BCUT2D eigenvalue weighted by Crippen LogP contribution is -2.22. The summed E-state index contributed by atoms with van der Waals surface area (Å²) in [4.78, 5) is 2.26. The molecule has 0 spiro atoms. The fourth-order valence-corrected chi connectivity index (χ4v) is 2.75. The van der Waals surface area contributed by atoms with E-state index in [4.69, 9.17) is 15.7 Å². The third-order valence-corrected chi connectivity index (χ3v) is 3.81. The standard InChI is InChI=1S/C12H16BrN3O2/c1-18-9-4-5-16(7-9)11-3-2-8(6-10(11)13)12(14)15-17/h2-3,6,9,17H,4-5,7H2,1H3,(H2,14,15). The molecule has 1 fully saturated rings. The second kappa shape index (κ2) is 5.58. The van der Waals surface area contributed by atoms with Crippen LogP contribution < -0.4 is 10.6 Å². The van der Waals surface area contributed by atoms with Crippen molar-refractivity contribution in [3.8, 4) is 0 Å². The van der Waals surface area contributed by atoms with E-state index in [2.05, 4.69) is 26.0 Å². The van der Waals surface area contributed by atoms with Crippen LogP contribution in [0, 0.1) is 0 Å². The zero-order valence-electron chi connectivity index (χ0n) is 10.1. The Morgan fingerprint density at radius 3 is 2.94 bits per heavy atom. The van der Waals surface area contributed by atoms with Crippen LogP contribution >= 0.6 is 15.9 Å². The molecule has 1 aliphatic rings. The Balaban J connectivity index is 2.20. The maximum Gasteiger partial charge on any atom is 0.170 e. The Labute approximate surface area is 114 Å². The normalized spacial score (nSPS) is 20.4. The molecule has 18 heavy (non-hydrogen) atoms. The minimum absolute atomic E-state index is 0.110. The second-order valence-electron chi connectivity index (χ2n) is 4.24. The molecule has 6 heteroatoms. The number of rotatable bonds is 3. The van der Waals surface area contributed by atoms with Gasteiger partial charge in [-0.05, 0) is 40.5 Å². The van der Waals surface area contributed by atoms with Gasteiger partial charge in [-0.15, -0.1) is 0 Å². The summed E-state index contributed by atoms with van der Waals surface area (Å²) in [5, 5.41) is 11.6. The van der Waals surface area contributed by atoms with Gasteiger partial charge in [-0.1, -0.05) is 5.16 Å². The molecule has 1 atom stereocenters. The average molecular weight is 314 g/mol. The van der Waals surface area contributed by atoms with Gasteiger partial charge in [-0.25, -0.2) is 0 Å². The lowest BCUT2D eigenvalue weighted by Gasteiger charge is -2.20. The summed E-state index contributed by atoms with van der Waals surface area (Å²) in [6.45, 7) is 1.86. The molecule has 2 rings (SSSR count). The van der Waals surface area contributed by atoms with Crippen LogP contribution in [0.25, 0.3) is 0 Å². The van der Waals surface area contributed by atoms with Crippen LogP contribution in [-0.2, 0) is 4.74 Å². The molecule has 1 unspecified atom stereocenters. The molecule has 0 radical (unpaired) electrons. The van der Waals surface area contributed by atoms with Gasteiger partial charge < -0.3 is 20.6 Å². The van der Waals surface area contributed by atoms with Gasteiger partial charge in [-0.3, -0.25) is 0 Å². The Bertz CT molecular complexity index is 465. The van der Waals surface area contributed by atoms with E-state index in [9.17, 15) is 0 Å². The molecule has 98 valence electrons.